The molecule has 0 aliphatic heterocycles. The number of amides is 2. The van der Waals surface area contributed by atoms with Crippen LogP contribution in [0.1, 0.15) is 44.4 Å². The van der Waals surface area contributed by atoms with E-state index in [9.17, 15) is 9.59 Å². The van der Waals surface area contributed by atoms with E-state index in [1.165, 1.54) is 5.56 Å². The molecule has 0 bridgehead atoms. The summed E-state index contributed by atoms with van der Waals surface area (Å²) in [6.45, 7) is 10.1. The summed E-state index contributed by atoms with van der Waals surface area (Å²) in [5, 5.41) is 2.99. The molecule has 2 aromatic rings. The molecule has 2 rings (SSSR count). The minimum absolute atomic E-state index is 0.0322. The van der Waals surface area contributed by atoms with Gasteiger partial charge < -0.3 is 10.2 Å². The molecule has 0 aliphatic rings. The van der Waals surface area contributed by atoms with Crippen molar-refractivity contribution in [1.82, 2.24) is 10.2 Å². The Morgan fingerprint density at radius 2 is 1.77 bits per heavy atom. The van der Waals surface area contributed by atoms with E-state index in [4.69, 9.17) is 0 Å². The van der Waals surface area contributed by atoms with Crippen molar-refractivity contribution in [2.45, 2.75) is 58.5 Å². The van der Waals surface area contributed by atoms with Gasteiger partial charge in [0.05, 0.1) is 5.75 Å². The van der Waals surface area contributed by atoms with Crippen molar-refractivity contribution in [3.05, 3.63) is 69.7 Å². The fourth-order valence-corrected chi connectivity index (χ4v) is 4.12. The molecule has 0 fully saturated rings. The zero-order valence-electron chi connectivity index (χ0n) is 18.4. The molecule has 162 valence electrons. The predicted octanol–water partition coefficient (Wildman–Crippen LogP) is 5.32. The Kier molecular flexibility index (Phi) is 8.98. The maximum atomic E-state index is 13.1. The summed E-state index contributed by atoms with van der Waals surface area (Å²) in [6, 6.07) is 15.6. The van der Waals surface area contributed by atoms with Crippen LogP contribution in [0.4, 0.5) is 0 Å². The van der Waals surface area contributed by atoms with Gasteiger partial charge in [-0.3, -0.25) is 9.59 Å². The van der Waals surface area contributed by atoms with Crippen LogP contribution >= 0.6 is 27.7 Å². The van der Waals surface area contributed by atoms with Crippen molar-refractivity contribution in [2.24, 2.45) is 0 Å². The van der Waals surface area contributed by atoms with Crippen molar-refractivity contribution in [2.75, 3.05) is 5.75 Å². The summed E-state index contributed by atoms with van der Waals surface area (Å²) in [5.41, 5.74) is 2.98. The standard InChI is InChI=1S/C24H31BrN2O2S/c1-17-7-6-8-20(13-17)14-27(18(2)23(29)26-24(3,4)5)22(28)16-30-15-19-9-11-21(25)12-10-19/h6-13,18H,14-16H2,1-5H3,(H,26,29). The monoisotopic (exact) mass is 490 g/mol. The maximum absolute atomic E-state index is 13.1. The quantitative estimate of drug-likeness (QED) is 0.544. The summed E-state index contributed by atoms with van der Waals surface area (Å²) in [6.07, 6.45) is 0. The fourth-order valence-electron chi connectivity index (χ4n) is 2.98. The SMILES string of the molecule is Cc1cccc(CN(C(=O)CSCc2ccc(Br)cc2)C(C)C(=O)NC(C)(C)C)c1. The van der Waals surface area contributed by atoms with Crippen LogP contribution < -0.4 is 5.32 Å². The second kappa shape index (κ2) is 11.0. The van der Waals surface area contributed by atoms with Crippen LogP contribution in [0.2, 0.25) is 0 Å². The largest absolute Gasteiger partial charge is 0.350 e. The Morgan fingerprint density at radius 3 is 2.37 bits per heavy atom. The highest BCUT2D eigenvalue weighted by molar-refractivity contribution is 9.10. The van der Waals surface area contributed by atoms with Crippen LogP contribution in [0.3, 0.4) is 0 Å². The van der Waals surface area contributed by atoms with Gasteiger partial charge in [0.1, 0.15) is 6.04 Å². The number of carbonyl (C=O) groups is 2. The number of benzene rings is 2. The number of carbonyl (C=O) groups excluding carboxylic acids is 2. The topological polar surface area (TPSA) is 49.4 Å². The minimum atomic E-state index is -0.550. The molecule has 1 atom stereocenters. The van der Waals surface area contributed by atoms with Crippen LogP contribution in [0.5, 0.6) is 0 Å². The van der Waals surface area contributed by atoms with Crippen LogP contribution in [0, 0.1) is 6.92 Å². The Balaban J connectivity index is 2.09. The summed E-state index contributed by atoms with van der Waals surface area (Å²) in [7, 11) is 0. The van der Waals surface area contributed by atoms with Gasteiger partial charge >= 0.3 is 0 Å². The van der Waals surface area contributed by atoms with Gasteiger partial charge in [0.2, 0.25) is 11.8 Å². The first kappa shape index (κ1) is 24.5. The molecule has 2 amide bonds. The average Bonchev–Trinajstić information content (AvgIpc) is 2.65. The van der Waals surface area contributed by atoms with Crippen LogP contribution in [-0.2, 0) is 21.9 Å². The lowest BCUT2D eigenvalue weighted by atomic mass is 10.1. The first-order valence-corrected chi connectivity index (χ1v) is 12.0. The van der Waals surface area contributed by atoms with Gasteiger partial charge in [0.25, 0.3) is 0 Å². The number of aryl methyl sites for hydroxylation is 1. The van der Waals surface area contributed by atoms with Crippen LogP contribution in [-0.4, -0.2) is 34.0 Å². The Morgan fingerprint density at radius 1 is 1.10 bits per heavy atom. The molecule has 30 heavy (non-hydrogen) atoms. The molecule has 0 spiro atoms. The molecule has 6 heteroatoms. The number of halogens is 1. The van der Waals surface area contributed by atoms with Gasteiger partial charge in [-0.15, -0.1) is 11.8 Å². The number of thioether (sulfide) groups is 1. The van der Waals surface area contributed by atoms with Crippen LogP contribution in [0.25, 0.3) is 0 Å². The van der Waals surface area contributed by atoms with Crippen molar-refractivity contribution >= 4 is 39.5 Å². The summed E-state index contributed by atoms with van der Waals surface area (Å²) >= 11 is 5.00. The molecular formula is C24H31BrN2O2S. The number of rotatable bonds is 8. The first-order chi connectivity index (χ1) is 14.0. The molecule has 1 N–H and O–H groups in total. The highest BCUT2D eigenvalue weighted by atomic mass is 79.9. The summed E-state index contributed by atoms with van der Waals surface area (Å²) < 4.78 is 1.04. The van der Waals surface area contributed by atoms with Gasteiger partial charge in [0.15, 0.2) is 0 Å². The molecule has 0 heterocycles. The fraction of sp³-hybridized carbons (Fsp3) is 0.417. The van der Waals surface area contributed by atoms with Crippen molar-refractivity contribution in [3.63, 3.8) is 0 Å². The molecule has 2 aromatic carbocycles. The maximum Gasteiger partial charge on any atom is 0.242 e. The Labute approximate surface area is 192 Å². The smallest absolute Gasteiger partial charge is 0.242 e. The normalized spacial score (nSPS) is 12.3. The number of hydrogen-bond acceptors (Lipinski definition) is 3. The zero-order chi connectivity index (χ0) is 22.3. The van der Waals surface area contributed by atoms with Gasteiger partial charge in [-0.05, 0) is 57.9 Å². The van der Waals surface area contributed by atoms with E-state index in [0.29, 0.717) is 12.3 Å². The highest BCUT2D eigenvalue weighted by Gasteiger charge is 2.28. The van der Waals surface area contributed by atoms with Gasteiger partial charge in [-0.2, -0.15) is 0 Å². The van der Waals surface area contributed by atoms with Gasteiger partial charge in [-0.1, -0.05) is 57.9 Å². The lowest BCUT2D eigenvalue weighted by molar-refractivity contribution is -0.139. The third-order valence-electron chi connectivity index (χ3n) is 4.51. The first-order valence-electron chi connectivity index (χ1n) is 10.0. The second-order valence-corrected chi connectivity index (χ2v) is 10.4. The van der Waals surface area contributed by atoms with Gasteiger partial charge in [0, 0.05) is 22.3 Å². The Hall–Kier alpha value is -1.79. The zero-order valence-corrected chi connectivity index (χ0v) is 20.8. The van der Waals surface area contributed by atoms with E-state index in [1.807, 2.05) is 70.2 Å². The molecule has 0 radical (unpaired) electrons. The number of nitrogens with one attached hydrogen (secondary N) is 1. The van der Waals surface area contributed by atoms with Crippen molar-refractivity contribution < 1.29 is 9.59 Å². The van der Waals surface area contributed by atoms with Crippen molar-refractivity contribution in [1.29, 1.82) is 0 Å². The predicted molar refractivity (Wildman–Crippen MR) is 129 cm³/mol. The van der Waals surface area contributed by atoms with Crippen molar-refractivity contribution in [3.8, 4) is 0 Å². The van der Waals surface area contributed by atoms with E-state index < -0.39 is 6.04 Å². The molecule has 4 nitrogen and oxygen atoms in total. The van der Waals surface area contributed by atoms with E-state index >= 15 is 0 Å². The number of hydrogen-bond donors (Lipinski definition) is 1. The lowest BCUT2D eigenvalue weighted by Crippen LogP contribution is -2.52. The summed E-state index contributed by atoms with van der Waals surface area (Å²) in [5.74, 6) is 0.908. The molecular weight excluding hydrogens is 460 g/mol. The lowest BCUT2D eigenvalue weighted by Gasteiger charge is -2.31. The van der Waals surface area contributed by atoms with E-state index in [1.54, 1.807) is 23.6 Å². The van der Waals surface area contributed by atoms with Crippen LogP contribution in [0.15, 0.2) is 53.0 Å². The molecule has 0 aromatic heterocycles. The van der Waals surface area contributed by atoms with Gasteiger partial charge in [-0.25, -0.2) is 0 Å². The molecule has 0 saturated carbocycles. The second-order valence-electron chi connectivity index (χ2n) is 8.55. The molecule has 1 unspecified atom stereocenters. The third-order valence-corrected chi connectivity index (χ3v) is 6.03. The molecule has 0 aliphatic carbocycles. The van der Waals surface area contributed by atoms with E-state index in [-0.39, 0.29) is 17.4 Å². The number of nitrogens with zero attached hydrogens (tertiary/aromatic N) is 1. The van der Waals surface area contributed by atoms with E-state index in [2.05, 4.69) is 27.3 Å². The third kappa shape index (κ3) is 8.15. The van der Waals surface area contributed by atoms with E-state index in [0.717, 1.165) is 21.4 Å². The highest BCUT2D eigenvalue weighted by Crippen LogP contribution is 2.18. The summed E-state index contributed by atoms with van der Waals surface area (Å²) in [4.78, 5) is 27.6. The Bertz CT molecular complexity index is 862. The molecule has 0 saturated heterocycles. The minimum Gasteiger partial charge on any atom is -0.350 e. The average molecular weight is 491 g/mol.